The van der Waals surface area contributed by atoms with Gasteiger partial charge >= 0.3 is 0 Å². The van der Waals surface area contributed by atoms with Crippen molar-refractivity contribution in [2.24, 2.45) is 0 Å². The molecule has 0 radical (unpaired) electrons. The molecule has 3 aromatic heterocycles. The number of quaternary nitrogens is 1. The molecule has 0 saturated carbocycles. The Morgan fingerprint density at radius 3 is 2.64 bits per heavy atom. The Morgan fingerprint density at radius 1 is 1.20 bits per heavy atom. The van der Waals surface area contributed by atoms with Gasteiger partial charge in [-0.3, -0.25) is 4.40 Å². The standard InChI is InChI=1S/C16H16Cl2N6S/c17-12-9-14(18)15-20-24(16(25)23(15)10-12)11-21-5-7-22(8-6-21)13-1-3-19-4-2-13/h1-4,9-10H,5-8,11H2/p+2. The molecule has 0 unspecified atom stereocenters. The fraction of sp³-hybridized carbons (Fsp3) is 0.312. The van der Waals surface area contributed by atoms with Gasteiger partial charge in [0.1, 0.15) is 0 Å². The number of hydrogen-bond donors (Lipinski definition) is 1. The lowest BCUT2D eigenvalue weighted by Crippen LogP contribution is -3.14. The SMILES string of the molecule is S=c1n(C[NH+]2CCN(c3cc[nH+]cc3)CC2)nc2c(Cl)cc(Cl)cn12. The number of nitrogens with one attached hydrogen (secondary N) is 2. The lowest BCUT2D eigenvalue weighted by molar-refractivity contribution is -0.924. The van der Waals surface area contributed by atoms with Crippen molar-refractivity contribution in [3.8, 4) is 0 Å². The van der Waals surface area contributed by atoms with Crippen LogP contribution in [-0.4, -0.2) is 40.4 Å². The summed E-state index contributed by atoms with van der Waals surface area (Å²) in [7, 11) is 0. The zero-order valence-electron chi connectivity index (χ0n) is 13.5. The number of fused-ring (bicyclic) bond motifs is 1. The molecule has 1 aliphatic rings. The Labute approximate surface area is 160 Å². The summed E-state index contributed by atoms with van der Waals surface area (Å²) in [4.78, 5) is 6.91. The van der Waals surface area contributed by atoms with Gasteiger partial charge in [-0.05, 0) is 18.3 Å². The van der Waals surface area contributed by atoms with Crippen LogP contribution in [0.1, 0.15) is 0 Å². The van der Waals surface area contributed by atoms with Crippen molar-refractivity contribution in [3.05, 3.63) is 51.6 Å². The number of nitrogens with zero attached hydrogens (tertiary/aromatic N) is 4. The van der Waals surface area contributed by atoms with Crippen LogP contribution in [0.15, 0.2) is 36.8 Å². The van der Waals surface area contributed by atoms with E-state index in [1.54, 1.807) is 16.7 Å². The number of piperazine rings is 1. The molecular weight excluding hydrogens is 379 g/mol. The lowest BCUT2D eigenvalue weighted by atomic mass is 10.3. The zero-order chi connectivity index (χ0) is 17.4. The van der Waals surface area contributed by atoms with Crippen LogP contribution in [0, 0.1) is 4.77 Å². The van der Waals surface area contributed by atoms with Gasteiger partial charge in [0.05, 0.1) is 36.2 Å². The molecule has 0 atom stereocenters. The highest BCUT2D eigenvalue weighted by molar-refractivity contribution is 7.71. The van der Waals surface area contributed by atoms with Crippen molar-refractivity contribution in [1.82, 2.24) is 14.2 Å². The van der Waals surface area contributed by atoms with Crippen LogP contribution in [0.25, 0.3) is 5.65 Å². The monoisotopic (exact) mass is 396 g/mol. The summed E-state index contributed by atoms with van der Waals surface area (Å²) < 4.78 is 4.24. The Bertz CT molecular complexity index is 946. The molecule has 6 nitrogen and oxygen atoms in total. The number of anilines is 1. The van der Waals surface area contributed by atoms with E-state index in [1.807, 2.05) is 17.1 Å². The minimum absolute atomic E-state index is 0.512. The number of pyridine rings is 2. The second kappa shape index (κ2) is 6.92. The van der Waals surface area contributed by atoms with Crippen molar-refractivity contribution < 1.29 is 9.88 Å². The summed E-state index contributed by atoms with van der Waals surface area (Å²) in [5.41, 5.74) is 1.90. The normalized spacial score (nSPS) is 15.8. The number of aromatic amines is 1. The maximum absolute atomic E-state index is 6.23. The maximum Gasteiger partial charge on any atom is 0.207 e. The molecule has 3 aromatic rings. The summed E-state index contributed by atoms with van der Waals surface area (Å²) >= 11 is 17.8. The number of hydrogen-bond acceptors (Lipinski definition) is 3. The van der Waals surface area contributed by atoms with Crippen molar-refractivity contribution in [2.45, 2.75) is 6.67 Å². The highest BCUT2D eigenvalue weighted by Crippen LogP contribution is 2.21. The lowest BCUT2D eigenvalue weighted by Gasteiger charge is -2.33. The molecule has 0 spiro atoms. The minimum Gasteiger partial charge on any atom is -0.360 e. The van der Waals surface area contributed by atoms with Crippen LogP contribution in [0.3, 0.4) is 0 Å². The first-order chi connectivity index (χ1) is 12.1. The van der Waals surface area contributed by atoms with E-state index in [-0.39, 0.29) is 0 Å². The summed E-state index contributed by atoms with van der Waals surface area (Å²) in [5, 5.41) is 5.63. The summed E-state index contributed by atoms with van der Waals surface area (Å²) in [6.07, 6.45) is 5.67. The van der Waals surface area contributed by atoms with Crippen LogP contribution < -0.4 is 14.8 Å². The molecule has 25 heavy (non-hydrogen) atoms. The molecular formula is C16H18Cl2N6S+2. The number of rotatable bonds is 3. The molecule has 4 rings (SSSR count). The van der Waals surface area contributed by atoms with Gasteiger partial charge in [0.15, 0.2) is 24.7 Å². The predicted octanol–water partition coefficient (Wildman–Crippen LogP) is 1.35. The quantitative estimate of drug-likeness (QED) is 0.679. The van der Waals surface area contributed by atoms with Gasteiger partial charge in [-0.25, -0.2) is 4.98 Å². The van der Waals surface area contributed by atoms with E-state index in [4.69, 9.17) is 35.4 Å². The van der Waals surface area contributed by atoms with E-state index >= 15 is 0 Å². The van der Waals surface area contributed by atoms with Crippen LogP contribution in [0.2, 0.25) is 10.0 Å². The summed E-state index contributed by atoms with van der Waals surface area (Å²) in [5.74, 6) is 0. The second-order valence-electron chi connectivity index (χ2n) is 6.14. The van der Waals surface area contributed by atoms with Crippen molar-refractivity contribution in [2.75, 3.05) is 31.1 Å². The van der Waals surface area contributed by atoms with Crippen LogP contribution in [0.4, 0.5) is 5.69 Å². The Morgan fingerprint density at radius 2 is 1.92 bits per heavy atom. The molecule has 0 amide bonds. The fourth-order valence-corrected chi connectivity index (χ4v) is 3.94. The van der Waals surface area contributed by atoms with E-state index in [9.17, 15) is 0 Å². The Hall–Kier alpha value is -1.67. The number of H-pyrrole nitrogens is 1. The molecule has 1 aliphatic heterocycles. The van der Waals surface area contributed by atoms with E-state index < -0.39 is 0 Å². The number of halogens is 2. The van der Waals surface area contributed by atoms with Gasteiger partial charge in [0, 0.05) is 24.0 Å². The maximum atomic E-state index is 6.23. The topological polar surface area (TPSA) is 44.0 Å². The average molecular weight is 397 g/mol. The van der Waals surface area contributed by atoms with Gasteiger partial charge in [0.2, 0.25) is 4.77 Å². The molecule has 2 N–H and O–H groups in total. The first-order valence-electron chi connectivity index (χ1n) is 8.11. The van der Waals surface area contributed by atoms with Crippen LogP contribution in [0.5, 0.6) is 0 Å². The minimum atomic E-state index is 0.512. The van der Waals surface area contributed by atoms with Crippen molar-refractivity contribution >= 4 is 46.8 Å². The zero-order valence-corrected chi connectivity index (χ0v) is 15.8. The molecule has 9 heteroatoms. The molecule has 1 saturated heterocycles. The summed E-state index contributed by atoms with van der Waals surface area (Å²) in [6.45, 7) is 4.80. The largest absolute Gasteiger partial charge is 0.360 e. The van der Waals surface area contributed by atoms with Gasteiger partial charge in [-0.2, -0.15) is 4.68 Å². The van der Waals surface area contributed by atoms with Crippen molar-refractivity contribution in [1.29, 1.82) is 0 Å². The summed E-state index contributed by atoms with van der Waals surface area (Å²) in [6, 6.07) is 5.90. The van der Waals surface area contributed by atoms with Crippen LogP contribution in [-0.2, 0) is 6.67 Å². The first-order valence-corrected chi connectivity index (χ1v) is 9.27. The Balaban J connectivity index is 1.49. The van der Waals surface area contributed by atoms with Gasteiger partial charge in [-0.15, -0.1) is 5.10 Å². The first kappa shape index (κ1) is 16.8. The van der Waals surface area contributed by atoms with E-state index in [0.29, 0.717) is 20.5 Å². The van der Waals surface area contributed by atoms with Gasteiger partial charge in [0.25, 0.3) is 0 Å². The fourth-order valence-electron chi connectivity index (χ4n) is 3.19. The highest BCUT2D eigenvalue weighted by atomic mass is 35.5. The third-order valence-corrected chi connectivity index (χ3v) is 5.40. The van der Waals surface area contributed by atoms with Gasteiger partial charge < -0.3 is 9.80 Å². The molecule has 0 aromatic carbocycles. The Kier molecular flexibility index (Phi) is 4.64. The highest BCUT2D eigenvalue weighted by Gasteiger charge is 2.22. The molecule has 1 fully saturated rings. The third kappa shape index (κ3) is 3.37. The van der Waals surface area contributed by atoms with E-state index in [2.05, 4.69) is 27.1 Å². The average Bonchev–Trinajstić information content (AvgIpc) is 2.93. The predicted molar refractivity (Wildman–Crippen MR) is 99.9 cm³/mol. The van der Waals surface area contributed by atoms with E-state index in [0.717, 1.165) is 32.8 Å². The second-order valence-corrected chi connectivity index (χ2v) is 7.34. The molecule has 0 aliphatic carbocycles. The molecule has 130 valence electrons. The molecule has 4 heterocycles. The van der Waals surface area contributed by atoms with Gasteiger partial charge in [-0.1, -0.05) is 23.2 Å². The van der Waals surface area contributed by atoms with Crippen LogP contribution >= 0.6 is 35.4 Å². The third-order valence-electron chi connectivity index (χ3n) is 4.51. The van der Waals surface area contributed by atoms with E-state index in [1.165, 1.54) is 10.6 Å². The smallest absolute Gasteiger partial charge is 0.207 e. The molecule has 0 bridgehead atoms. The number of aromatic nitrogens is 4. The van der Waals surface area contributed by atoms with Crippen molar-refractivity contribution in [3.63, 3.8) is 0 Å².